The number of nitrogens with zero attached hydrogens (tertiary/aromatic N) is 2. The summed E-state index contributed by atoms with van der Waals surface area (Å²) >= 11 is 6.28. The fourth-order valence-corrected chi connectivity index (χ4v) is 4.23. The molecule has 0 unspecified atom stereocenters. The number of para-hydroxylation sites is 1. The third-order valence-corrected chi connectivity index (χ3v) is 5.90. The first-order valence-corrected chi connectivity index (χ1v) is 11.0. The van der Waals surface area contributed by atoms with E-state index in [1.807, 2.05) is 71.4 Å². The van der Waals surface area contributed by atoms with Crippen LogP contribution in [0.3, 0.4) is 0 Å². The van der Waals surface area contributed by atoms with Gasteiger partial charge in [0, 0.05) is 16.5 Å². The summed E-state index contributed by atoms with van der Waals surface area (Å²) in [6.45, 7) is 2.07. The van der Waals surface area contributed by atoms with E-state index in [0.717, 1.165) is 60.1 Å². The molecule has 2 heterocycles. The summed E-state index contributed by atoms with van der Waals surface area (Å²) in [5.74, 6) is 2.11. The summed E-state index contributed by atoms with van der Waals surface area (Å²) in [6.07, 6.45) is 2.21. The van der Waals surface area contributed by atoms with Crippen molar-refractivity contribution >= 4 is 11.6 Å². The predicted octanol–water partition coefficient (Wildman–Crippen LogP) is 6.45. The zero-order chi connectivity index (χ0) is 21.0. The van der Waals surface area contributed by atoms with E-state index >= 15 is 0 Å². The van der Waals surface area contributed by atoms with Crippen molar-refractivity contribution in [1.82, 2.24) is 15.1 Å². The maximum absolute atomic E-state index is 6.28. The number of aromatic nitrogens is 2. The molecule has 0 amide bonds. The highest BCUT2D eigenvalue weighted by molar-refractivity contribution is 6.30. The summed E-state index contributed by atoms with van der Waals surface area (Å²) in [6, 6.07) is 28.1. The van der Waals surface area contributed by atoms with Crippen molar-refractivity contribution in [1.29, 1.82) is 0 Å². The molecule has 1 fully saturated rings. The van der Waals surface area contributed by atoms with Gasteiger partial charge in [0.1, 0.15) is 11.5 Å². The monoisotopic (exact) mass is 429 g/mol. The molecule has 0 atom stereocenters. The largest absolute Gasteiger partial charge is 0.457 e. The van der Waals surface area contributed by atoms with Crippen LogP contribution in [0.4, 0.5) is 0 Å². The number of rotatable bonds is 5. The number of ether oxygens (including phenoxy) is 1. The summed E-state index contributed by atoms with van der Waals surface area (Å²) in [5.41, 5.74) is 4.25. The van der Waals surface area contributed by atoms with E-state index in [2.05, 4.69) is 23.5 Å². The second-order valence-electron chi connectivity index (χ2n) is 7.81. The first-order valence-electron chi connectivity index (χ1n) is 10.7. The number of halogens is 1. The van der Waals surface area contributed by atoms with Crippen LogP contribution < -0.4 is 10.1 Å². The lowest BCUT2D eigenvalue weighted by molar-refractivity contribution is 0.451. The van der Waals surface area contributed by atoms with Crippen LogP contribution >= 0.6 is 11.6 Å². The second kappa shape index (κ2) is 8.96. The number of piperidine rings is 1. The Morgan fingerprint density at radius 2 is 1.58 bits per heavy atom. The van der Waals surface area contributed by atoms with Crippen LogP contribution in [0.15, 0.2) is 84.9 Å². The molecule has 1 N–H and O–H groups in total. The molecule has 1 saturated heterocycles. The molecule has 3 aromatic carbocycles. The highest BCUT2D eigenvalue weighted by atomic mass is 35.5. The summed E-state index contributed by atoms with van der Waals surface area (Å²) in [5, 5.41) is 9.15. The van der Waals surface area contributed by atoms with E-state index in [-0.39, 0.29) is 0 Å². The Hall–Kier alpha value is -3.08. The Balaban J connectivity index is 1.50. The van der Waals surface area contributed by atoms with Crippen molar-refractivity contribution < 1.29 is 4.74 Å². The molecule has 0 bridgehead atoms. The van der Waals surface area contributed by atoms with Crippen molar-refractivity contribution in [3.63, 3.8) is 0 Å². The third-order valence-electron chi connectivity index (χ3n) is 5.67. The minimum Gasteiger partial charge on any atom is -0.457 e. The van der Waals surface area contributed by atoms with Gasteiger partial charge in [-0.05, 0) is 86.6 Å². The number of benzene rings is 3. The first kappa shape index (κ1) is 19.9. The fourth-order valence-electron chi connectivity index (χ4n) is 4.05. The Bertz CT molecular complexity index is 1150. The van der Waals surface area contributed by atoms with Crippen LogP contribution in [0.2, 0.25) is 5.02 Å². The van der Waals surface area contributed by atoms with Gasteiger partial charge in [-0.2, -0.15) is 5.10 Å². The van der Waals surface area contributed by atoms with Gasteiger partial charge in [-0.15, -0.1) is 0 Å². The van der Waals surface area contributed by atoms with Gasteiger partial charge in [0.05, 0.1) is 17.1 Å². The van der Waals surface area contributed by atoms with Gasteiger partial charge < -0.3 is 10.1 Å². The van der Waals surface area contributed by atoms with Crippen LogP contribution in [0.25, 0.3) is 16.9 Å². The normalized spacial score (nSPS) is 14.5. The fraction of sp³-hybridized carbons (Fsp3) is 0.192. The molecule has 0 radical (unpaired) electrons. The Labute approximate surface area is 187 Å². The third kappa shape index (κ3) is 4.50. The molecular formula is C26H24ClN3O. The Morgan fingerprint density at radius 3 is 2.32 bits per heavy atom. The maximum Gasteiger partial charge on any atom is 0.127 e. The summed E-state index contributed by atoms with van der Waals surface area (Å²) < 4.78 is 7.96. The highest BCUT2D eigenvalue weighted by Crippen LogP contribution is 2.32. The smallest absolute Gasteiger partial charge is 0.127 e. The lowest BCUT2D eigenvalue weighted by Gasteiger charge is -2.20. The zero-order valence-corrected chi connectivity index (χ0v) is 17.9. The second-order valence-corrected chi connectivity index (χ2v) is 8.25. The SMILES string of the molecule is Clc1cccc(-n2nc(C3CCNCC3)cc2-c2ccc(Oc3ccccc3)cc2)c1. The van der Waals surface area contributed by atoms with Gasteiger partial charge in [-0.3, -0.25) is 0 Å². The van der Waals surface area contributed by atoms with Crippen molar-refractivity contribution in [3.8, 4) is 28.4 Å². The average molecular weight is 430 g/mol. The Morgan fingerprint density at radius 1 is 0.839 bits per heavy atom. The van der Waals surface area contributed by atoms with Gasteiger partial charge in [-0.25, -0.2) is 4.68 Å². The predicted molar refractivity (Wildman–Crippen MR) is 125 cm³/mol. The van der Waals surface area contributed by atoms with E-state index in [0.29, 0.717) is 10.9 Å². The van der Waals surface area contributed by atoms with Crippen molar-refractivity contribution in [2.24, 2.45) is 0 Å². The molecule has 0 saturated carbocycles. The number of hydrogen-bond acceptors (Lipinski definition) is 3. The molecule has 1 aliphatic rings. The van der Waals surface area contributed by atoms with E-state index in [9.17, 15) is 0 Å². The number of hydrogen-bond donors (Lipinski definition) is 1. The van der Waals surface area contributed by atoms with Crippen LogP contribution in [0.1, 0.15) is 24.5 Å². The minimum atomic E-state index is 0.473. The van der Waals surface area contributed by atoms with Crippen molar-refractivity contribution in [3.05, 3.63) is 95.6 Å². The van der Waals surface area contributed by atoms with Crippen molar-refractivity contribution in [2.75, 3.05) is 13.1 Å². The van der Waals surface area contributed by atoms with E-state index in [4.69, 9.17) is 21.4 Å². The lowest BCUT2D eigenvalue weighted by Crippen LogP contribution is -2.26. The molecule has 4 aromatic rings. The van der Waals surface area contributed by atoms with Crippen LogP contribution in [-0.2, 0) is 0 Å². The molecular weight excluding hydrogens is 406 g/mol. The summed E-state index contributed by atoms with van der Waals surface area (Å²) in [4.78, 5) is 0. The molecule has 31 heavy (non-hydrogen) atoms. The molecule has 1 aliphatic heterocycles. The van der Waals surface area contributed by atoms with Gasteiger partial charge >= 0.3 is 0 Å². The lowest BCUT2D eigenvalue weighted by atomic mass is 9.94. The van der Waals surface area contributed by atoms with Gasteiger partial charge in [-0.1, -0.05) is 35.9 Å². The number of nitrogens with one attached hydrogen (secondary N) is 1. The quantitative estimate of drug-likeness (QED) is 0.396. The molecule has 4 nitrogen and oxygen atoms in total. The minimum absolute atomic E-state index is 0.473. The van der Waals surface area contributed by atoms with E-state index in [1.165, 1.54) is 0 Å². The van der Waals surface area contributed by atoms with Gasteiger partial charge in [0.15, 0.2) is 0 Å². The molecule has 5 heteroatoms. The molecule has 1 aromatic heterocycles. The van der Waals surface area contributed by atoms with Crippen molar-refractivity contribution in [2.45, 2.75) is 18.8 Å². The van der Waals surface area contributed by atoms with Crippen LogP contribution in [0.5, 0.6) is 11.5 Å². The average Bonchev–Trinajstić information content (AvgIpc) is 3.27. The van der Waals surface area contributed by atoms with E-state index in [1.54, 1.807) is 0 Å². The topological polar surface area (TPSA) is 39.1 Å². The first-order chi connectivity index (χ1) is 15.3. The Kier molecular flexibility index (Phi) is 5.74. The molecule has 5 rings (SSSR count). The van der Waals surface area contributed by atoms with Crippen LogP contribution in [-0.4, -0.2) is 22.9 Å². The molecule has 0 aliphatic carbocycles. The highest BCUT2D eigenvalue weighted by Gasteiger charge is 2.21. The van der Waals surface area contributed by atoms with Gasteiger partial charge in [0.25, 0.3) is 0 Å². The van der Waals surface area contributed by atoms with E-state index < -0.39 is 0 Å². The summed E-state index contributed by atoms with van der Waals surface area (Å²) in [7, 11) is 0. The maximum atomic E-state index is 6.28. The zero-order valence-electron chi connectivity index (χ0n) is 17.2. The molecule has 156 valence electrons. The molecule has 0 spiro atoms. The van der Waals surface area contributed by atoms with Gasteiger partial charge in [0.2, 0.25) is 0 Å². The standard InChI is InChI=1S/C26H24ClN3O/c27-21-5-4-6-22(17-21)30-26(18-25(29-30)19-13-15-28-16-14-19)20-9-11-24(12-10-20)31-23-7-2-1-3-8-23/h1-12,17-19,28H,13-16H2. The van der Waals surface area contributed by atoms with Crippen LogP contribution in [0, 0.1) is 0 Å².